The predicted molar refractivity (Wildman–Crippen MR) is 68.8 cm³/mol. The second-order valence-corrected chi connectivity index (χ2v) is 5.45. The number of hydrogen-bond acceptors (Lipinski definition) is 2. The molecule has 0 aliphatic heterocycles. The monoisotopic (exact) mass is 277 g/mol. The van der Waals surface area contributed by atoms with E-state index in [1.54, 1.807) is 0 Å². The molecule has 2 atom stereocenters. The van der Waals surface area contributed by atoms with E-state index < -0.39 is 11.9 Å². The van der Waals surface area contributed by atoms with E-state index in [0.29, 0.717) is 5.92 Å². The molecule has 3 nitrogen and oxygen atoms in total. The topological polar surface area (TPSA) is 29.9 Å². The third kappa shape index (κ3) is 4.86. The second-order valence-electron chi connectivity index (χ2n) is 5.45. The maximum absolute atomic E-state index is 12.5. The van der Waals surface area contributed by atoms with E-state index in [4.69, 9.17) is 0 Å². The third-order valence-electron chi connectivity index (χ3n) is 3.16. The second kappa shape index (κ2) is 6.41. The van der Waals surface area contributed by atoms with Crippen LogP contribution in [0.1, 0.15) is 39.4 Å². The Morgan fingerprint density at radius 2 is 1.84 bits per heavy atom. The van der Waals surface area contributed by atoms with Crippen LogP contribution in [0.15, 0.2) is 12.3 Å². The highest BCUT2D eigenvalue weighted by molar-refractivity contribution is 5.04. The molecule has 19 heavy (non-hydrogen) atoms. The van der Waals surface area contributed by atoms with Gasteiger partial charge < -0.3 is 5.32 Å². The lowest BCUT2D eigenvalue weighted by molar-refractivity contribution is -0.141. The molecule has 6 heteroatoms. The first-order chi connectivity index (χ1) is 8.71. The van der Waals surface area contributed by atoms with E-state index in [1.165, 1.54) is 10.9 Å². The number of nitrogens with zero attached hydrogens (tertiary/aromatic N) is 2. The highest BCUT2D eigenvalue weighted by Gasteiger charge is 2.34. The summed E-state index contributed by atoms with van der Waals surface area (Å²) in [5.74, 6) is 0.767. The summed E-state index contributed by atoms with van der Waals surface area (Å²) in [6.45, 7) is 9.79. The zero-order chi connectivity index (χ0) is 14.6. The predicted octanol–water partition coefficient (Wildman–Crippen LogP) is 3.34. The highest BCUT2D eigenvalue weighted by atomic mass is 19.4. The largest absolute Gasteiger partial charge is 0.435 e. The summed E-state index contributed by atoms with van der Waals surface area (Å²) < 4.78 is 38.8. The van der Waals surface area contributed by atoms with Gasteiger partial charge in [0.05, 0.1) is 6.04 Å². The summed E-state index contributed by atoms with van der Waals surface area (Å²) in [5, 5.41) is 6.92. The SMILES string of the molecule is CC(C)CNCC(C)C(C)n1ccc(C(F)(F)F)n1. The molecule has 0 aliphatic carbocycles. The van der Waals surface area contributed by atoms with Crippen molar-refractivity contribution in [3.63, 3.8) is 0 Å². The van der Waals surface area contributed by atoms with Gasteiger partial charge in [-0.2, -0.15) is 18.3 Å². The Bertz CT molecular complexity index is 385. The van der Waals surface area contributed by atoms with Crippen LogP contribution in [0.5, 0.6) is 0 Å². The van der Waals surface area contributed by atoms with Crippen LogP contribution >= 0.6 is 0 Å². The maximum Gasteiger partial charge on any atom is 0.435 e. The first-order valence-corrected chi connectivity index (χ1v) is 6.55. The molecule has 0 aromatic carbocycles. The minimum absolute atomic E-state index is 0.0734. The van der Waals surface area contributed by atoms with Crippen LogP contribution in [0.2, 0.25) is 0 Å². The van der Waals surface area contributed by atoms with Crippen molar-refractivity contribution < 1.29 is 13.2 Å². The lowest BCUT2D eigenvalue weighted by Crippen LogP contribution is -2.29. The summed E-state index contributed by atoms with van der Waals surface area (Å²) in [5.41, 5.74) is -0.832. The molecule has 1 heterocycles. The minimum atomic E-state index is -4.37. The fourth-order valence-electron chi connectivity index (χ4n) is 1.75. The van der Waals surface area contributed by atoms with Gasteiger partial charge in [-0.1, -0.05) is 20.8 Å². The number of aromatic nitrogens is 2. The van der Waals surface area contributed by atoms with Gasteiger partial charge in [-0.05, 0) is 37.9 Å². The molecule has 0 saturated carbocycles. The van der Waals surface area contributed by atoms with E-state index >= 15 is 0 Å². The Kier molecular flexibility index (Phi) is 5.40. The van der Waals surface area contributed by atoms with Gasteiger partial charge in [-0.25, -0.2) is 0 Å². The molecule has 1 aromatic rings. The summed E-state index contributed by atoms with van der Waals surface area (Å²) in [4.78, 5) is 0. The molecule has 1 rings (SSSR count). The summed E-state index contributed by atoms with van der Waals surface area (Å²) in [6.07, 6.45) is -2.98. The molecule has 0 saturated heterocycles. The molecule has 0 aliphatic rings. The van der Waals surface area contributed by atoms with Crippen LogP contribution < -0.4 is 5.32 Å². The number of nitrogens with one attached hydrogen (secondary N) is 1. The molecule has 0 bridgehead atoms. The lowest BCUT2D eigenvalue weighted by Gasteiger charge is -2.21. The third-order valence-corrected chi connectivity index (χ3v) is 3.16. The van der Waals surface area contributed by atoms with Gasteiger partial charge in [-0.15, -0.1) is 0 Å². The molecule has 0 fully saturated rings. The molecular weight excluding hydrogens is 255 g/mol. The van der Waals surface area contributed by atoms with Crippen LogP contribution in [0, 0.1) is 11.8 Å². The molecule has 110 valence electrons. The van der Waals surface area contributed by atoms with Gasteiger partial charge in [0.25, 0.3) is 0 Å². The van der Waals surface area contributed by atoms with Gasteiger partial charge >= 0.3 is 6.18 Å². The number of alkyl halides is 3. The van der Waals surface area contributed by atoms with E-state index in [1.807, 2.05) is 13.8 Å². The zero-order valence-electron chi connectivity index (χ0n) is 11.8. The standard InChI is InChI=1S/C13H22F3N3/c1-9(2)7-17-8-10(3)11(4)19-6-5-12(18-19)13(14,15)16/h5-6,9-11,17H,7-8H2,1-4H3. The van der Waals surface area contributed by atoms with Crippen molar-refractivity contribution in [1.29, 1.82) is 0 Å². The average Bonchev–Trinajstić information content (AvgIpc) is 2.76. The average molecular weight is 277 g/mol. The van der Waals surface area contributed by atoms with Crippen LogP contribution in [0.25, 0.3) is 0 Å². The molecule has 1 aromatic heterocycles. The van der Waals surface area contributed by atoms with Gasteiger partial charge in [0.15, 0.2) is 5.69 Å². The Morgan fingerprint density at radius 3 is 2.32 bits per heavy atom. The van der Waals surface area contributed by atoms with Crippen molar-refractivity contribution in [2.75, 3.05) is 13.1 Å². The van der Waals surface area contributed by atoms with Crippen LogP contribution in [-0.4, -0.2) is 22.9 Å². The molecule has 0 spiro atoms. The van der Waals surface area contributed by atoms with E-state index in [0.717, 1.165) is 19.2 Å². The van der Waals surface area contributed by atoms with Crippen molar-refractivity contribution in [2.45, 2.75) is 39.9 Å². The Balaban J connectivity index is 2.57. The van der Waals surface area contributed by atoms with E-state index in [-0.39, 0.29) is 12.0 Å². The first-order valence-electron chi connectivity index (χ1n) is 6.55. The molecule has 0 radical (unpaired) electrons. The van der Waals surface area contributed by atoms with E-state index in [2.05, 4.69) is 24.3 Å². The normalized spacial score (nSPS) is 15.8. The van der Waals surface area contributed by atoms with Gasteiger partial charge in [0.1, 0.15) is 0 Å². The smallest absolute Gasteiger partial charge is 0.316 e. The van der Waals surface area contributed by atoms with Gasteiger partial charge in [-0.3, -0.25) is 4.68 Å². The maximum atomic E-state index is 12.5. The molecule has 2 unspecified atom stereocenters. The van der Waals surface area contributed by atoms with Gasteiger partial charge in [0.2, 0.25) is 0 Å². The quantitative estimate of drug-likeness (QED) is 0.864. The number of halogens is 3. The van der Waals surface area contributed by atoms with Crippen molar-refractivity contribution in [3.05, 3.63) is 18.0 Å². The van der Waals surface area contributed by atoms with Crippen molar-refractivity contribution in [3.8, 4) is 0 Å². The van der Waals surface area contributed by atoms with Crippen molar-refractivity contribution >= 4 is 0 Å². The fraction of sp³-hybridized carbons (Fsp3) is 0.769. The van der Waals surface area contributed by atoms with Crippen LogP contribution in [0.4, 0.5) is 13.2 Å². The zero-order valence-corrected chi connectivity index (χ0v) is 11.8. The number of hydrogen-bond donors (Lipinski definition) is 1. The van der Waals surface area contributed by atoms with Gasteiger partial charge in [0, 0.05) is 6.20 Å². The summed E-state index contributed by atoms with van der Waals surface area (Å²) in [7, 11) is 0. The Morgan fingerprint density at radius 1 is 1.21 bits per heavy atom. The lowest BCUT2D eigenvalue weighted by atomic mass is 10.0. The minimum Gasteiger partial charge on any atom is -0.316 e. The van der Waals surface area contributed by atoms with Crippen molar-refractivity contribution in [2.24, 2.45) is 11.8 Å². The Labute approximate surface area is 112 Å². The Hall–Kier alpha value is -1.04. The summed E-state index contributed by atoms with van der Waals surface area (Å²) >= 11 is 0. The molecule has 0 amide bonds. The summed E-state index contributed by atoms with van der Waals surface area (Å²) in [6, 6.07) is 0.945. The van der Waals surface area contributed by atoms with Crippen molar-refractivity contribution in [1.82, 2.24) is 15.1 Å². The first kappa shape index (κ1) is 16.0. The number of rotatable bonds is 6. The highest BCUT2D eigenvalue weighted by Crippen LogP contribution is 2.28. The van der Waals surface area contributed by atoms with Crippen LogP contribution in [0.3, 0.4) is 0 Å². The fourth-order valence-corrected chi connectivity index (χ4v) is 1.75. The molecular formula is C13H22F3N3. The molecule has 1 N–H and O–H groups in total. The van der Waals surface area contributed by atoms with Crippen LogP contribution in [-0.2, 0) is 6.18 Å². The van der Waals surface area contributed by atoms with E-state index in [9.17, 15) is 13.2 Å².